The van der Waals surface area contributed by atoms with E-state index in [4.69, 9.17) is 10.8 Å². The topological polar surface area (TPSA) is 63.3 Å². The summed E-state index contributed by atoms with van der Waals surface area (Å²) in [5.74, 6) is -0.220. The second kappa shape index (κ2) is 14.6. The van der Waals surface area contributed by atoms with Crippen LogP contribution in [0, 0.1) is 5.92 Å². The molecule has 0 saturated heterocycles. The maximum Gasteiger partial charge on any atom is 0.327 e. The third kappa shape index (κ3) is 25.2. The van der Waals surface area contributed by atoms with E-state index in [1.165, 1.54) is 6.08 Å². The van der Waals surface area contributed by atoms with E-state index in [1.54, 1.807) is 6.08 Å². The van der Waals surface area contributed by atoms with Crippen molar-refractivity contribution in [3.8, 4) is 0 Å². The Hall–Kier alpha value is -1.35. The summed E-state index contributed by atoms with van der Waals surface area (Å²) in [5.41, 5.74) is 5.17. The lowest BCUT2D eigenvalue weighted by Gasteiger charge is -1.91. The van der Waals surface area contributed by atoms with Crippen LogP contribution in [0.1, 0.15) is 33.6 Å². The molecule has 0 amide bonds. The Morgan fingerprint density at radius 3 is 2.18 bits per heavy atom. The van der Waals surface area contributed by atoms with Gasteiger partial charge < -0.3 is 10.8 Å². The highest BCUT2D eigenvalue weighted by molar-refractivity contribution is 5.79. The van der Waals surface area contributed by atoms with Crippen LogP contribution < -0.4 is 5.73 Å². The van der Waals surface area contributed by atoms with Gasteiger partial charge in [-0.2, -0.15) is 0 Å². The summed E-state index contributed by atoms with van der Waals surface area (Å²) < 4.78 is 0. The zero-order valence-corrected chi connectivity index (χ0v) is 11.1. The molecule has 98 valence electrons. The second-order valence-corrected chi connectivity index (χ2v) is 3.90. The molecule has 17 heavy (non-hydrogen) atoms. The van der Waals surface area contributed by atoms with Crippen molar-refractivity contribution in [1.82, 2.24) is 0 Å². The summed E-state index contributed by atoms with van der Waals surface area (Å²) in [5, 5.41) is 8.24. The average Bonchev–Trinajstić information content (AvgIpc) is 2.28. The van der Waals surface area contributed by atoms with Crippen LogP contribution in [0.2, 0.25) is 0 Å². The fourth-order valence-corrected chi connectivity index (χ4v) is 0.663. The average molecular weight is 239 g/mol. The minimum absolute atomic E-state index is 0.662. The van der Waals surface area contributed by atoms with Gasteiger partial charge in [0.15, 0.2) is 0 Å². The third-order valence-electron chi connectivity index (χ3n) is 1.67. The summed E-state index contributed by atoms with van der Waals surface area (Å²) in [6, 6.07) is 0. The number of rotatable bonds is 6. The SMILES string of the molecule is C/C=C/C=C\CC/C=C/C(=O)O.CC(C)CN. The maximum atomic E-state index is 10.0. The van der Waals surface area contributed by atoms with Gasteiger partial charge in [-0.3, -0.25) is 0 Å². The first-order valence-electron chi connectivity index (χ1n) is 5.91. The molecule has 0 fully saturated rings. The van der Waals surface area contributed by atoms with E-state index in [1.807, 2.05) is 31.2 Å². The fraction of sp³-hybridized carbons (Fsp3) is 0.500. The molecular formula is C14H25NO2. The number of carbonyl (C=O) groups is 1. The molecule has 0 aliphatic heterocycles. The standard InChI is InChI=1S/C10H14O2.C4H11N/c1-2-3-4-5-6-7-8-9-10(11)12;1-4(2)3-5/h2-5,8-9H,6-7H2,1H3,(H,11,12);4H,3,5H2,1-2H3/b3-2+,5-4-,9-8+;. The maximum absolute atomic E-state index is 10.0. The second-order valence-electron chi connectivity index (χ2n) is 3.90. The Labute approximate surface area is 105 Å². The molecule has 3 nitrogen and oxygen atoms in total. The molecule has 0 unspecified atom stereocenters. The van der Waals surface area contributed by atoms with E-state index < -0.39 is 5.97 Å². The number of hydrogen-bond acceptors (Lipinski definition) is 2. The highest BCUT2D eigenvalue weighted by Crippen LogP contribution is 1.92. The summed E-state index contributed by atoms with van der Waals surface area (Å²) >= 11 is 0. The lowest BCUT2D eigenvalue weighted by Crippen LogP contribution is -2.05. The van der Waals surface area contributed by atoms with E-state index in [2.05, 4.69) is 13.8 Å². The molecule has 0 aromatic carbocycles. The normalized spacial score (nSPS) is 11.4. The summed E-state index contributed by atoms with van der Waals surface area (Å²) in [6.07, 6.45) is 12.3. The van der Waals surface area contributed by atoms with E-state index in [0.717, 1.165) is 19.4 Å². The monoisotopic (exact) mass is 239 g/mol. The van der Waals surface area contributed by atoms with Crippen molar-refractivity contribution in [2.45, 2.75) is 33.6 Å². The molecule has 0 heterocycles. The van der Waals surface area contributed by atoms with Gasteiger partial charge in [0, 0.05) is 6.08 Å². The Balaban J connectivity index is 0. The van der Waals surface area contributed by atoms with Gasteiger partial charge in [-0.1, -0.05) is 44.2 Å². The third-order valence-corrected chi connectivity index (χ3v) is 1.67. The van der Waals surface area contributed by atoms with Crippen molar-refractivity contribution in [2.75, 3.05) is 6.54 Å². The summed E-state index contributed by atoms with van der Waals surface area (Å²) in [6.45, 7) is 6.95. The number of carboxylic acid groups (broad SMARTS) is 1. The van der Waals surface area contributed by atoms with Crippen molar-refractivity contribution in [1.29, 1.82) is 0 Å². The molecule has 0 atom stereocenters. The molecular weight excluding hydrogens is 214 g/mol. The van der Waals surface area contributed by atoms with E-state index in [9.17, 15) is 4.79 Å². The van der Waals surface area contributed by atoms with Crippen LogP contribution in [-0.2, 0) is 4.79 Å². The first-order valence-corrected chi connectivity index (χ1v) is 5.91. The molecule has 0 bridgehead atoms. The molecule has 0 radical (unpaired) electrons. The number of aliphatic carboxylic acids is 1. The zero-order valence-electron chi connectivity index (χ0n) is 11.1. The smallest absolute Gasteiger partial charge is 0.327 e. The van der Waals surface area contributed by atoms with Gasteiger partial charge in [-0.15, -0.1) is 0 Å². The zero-order chi connectivity index (χ0) is 13.5. The van der Waals surface area contributed by atoms with Crippen LogP contribution in [0.4, 0.5) is 0 Å². The van der Waals surface area contributed by atoms with Crippen LogP contribution in [-0.4, -0.2) is 17.6 Å². The lowest BCUT2D eigenvalue weighted by atomic mass is 10.2. The predicted octanol–water partition coefficient (Wildman–Crippen LogP) is 3.14. The van der Waals surface area contributed by atoms with E-state index >= 15 is 0 Å². The lowest BCUT2D eigenvalue weighted by molar-refractivity contribution is -0.131. The van der Waals surface area contributed by atoms with Crippen molar-refractivity contribution in [3.05, 3.63) is 36.5 Å². The van der Waals surface area contributed by atoms with Crippen LogP contribution >= 0.6 is 0 Å². The van der Waals surface area contributed by atoms with Gasteiger partial charge >= 0.3 is 5.97 Å². The largest absolute Gasteiger partial charge is 0.478 e. The van der Waals surface area contributed by atoms with Crippen LogP contribution in [0.25, 0.3) is 0 Å². The van der Waals surface area contributed by atoms with Gasteiger partial charge in [0.2, 0.25) is 0 Å². The predicted molar refractivity (Wildman–Crippen MR) is 73.9 cm³/mol. The molecule has 0 rings (SSSR count). The Bertz CT molecular complexity index is 253. The Kier molecular flexibility index (Phi) is 15.5. The molecule has 3 heteroatoms. The van der Waals surface area contributed by atoms with Crippen LogP contribution in [0.3, 0.4) is 0 Å². The quantitative estimate of drug-likeness (QED) is 0.425. The highest BCUT2D eigenvalue weighted by Gasteiger charge is 1.82. The number of hydrogen-bond donors (Lipinski definition) is 2. The minimum Gasteiger partial charge on any atom is -0.478 e. The number of allylic oxidation sites excluding steroid dienone is 5. The van der Waals surface area contributed by atoms with Crippen LogP contribution in [0.15, 0.2) is 36.5 Å². The molecule has 0 aliphatic carbocycles. The van der Waals surface area contributed by atoms with Gasteiger partial charge in [0.1, 0.15) is 0 Å². The summed E-state index contributed by atoms with van der Waals surface area (Å²) in [7, 11) is 0. The molecule has 3 N–H and O–H groups in total. The van der Waals surface area contributed by atoms with Gasteiger partial charge in [-0.05, 0) is 32.2 Å². The van der Waals surface area contributed by atoms with Gasteiger partial charge in [-0.25, -0.2) is 4.79 Å². The number of unbranched alkanes of at least 4 members (excludes halogenated alkanes) is 1. The minimum atomic E-state index is -0.882. The van der Waals surface area contributed by atoms with Crippen molar-refractivity contribution in [3.63, 3.8) is 0 Å². The molecule has 0 aromatic rings. The van der Waals surface area contributed by atoms with Crippen LogP contribution in [0.5, 0.6) is 0 Å². The van der Waals surface area contributed by atoms with Gasteiger partial charge in [0.05, 0.1) is 0 Å². The summed E-state index contributed by atoms with van der Waals surface area (Å²) in [4.78, 5) is 10.0. The fourth-order valence-electron chi connectivity index (χ4n) is 0.663. The van der Waals surface area contributed by atoms with Crippen molar-refractivity contribution in [2.24, 2.45) is 11.7 Å². The van der Waals surface area contributed by atoms with Crippen molar-refractivity contribution >= 4 is 5.97 Å². The Morgan fingerprint density at radius 1 is 1.24 bits per heavy atom. The first-order chi connectivity index (χ1) is 8.04. The Morgan fingerprint density at radius 2 is 1.76 bits per heavy atom. The highest BCUT2D eigenvalue weighted by atomic mass is 16.4. The molecule has 0 aliphatic rings. The van der Waals surface area contributed by atoms with E-state index in [0.29, 0.717) is 5.92 Å². The molecule has 0 aromatic heterocycles. The number of nitrogens with two attached hydrogens (primary N) is 1. The first kappa shape index (κ1) is 18.0. The molecule has 0 saturated carbocycles. The van der Waals surface area contributed by atoms with Crippen molar-refractivity contribution < 1.29 is 9.90 Å². The molecule has 0 spiro atoms. The number of carboxylic acids is 1. The van der Waals surface area contributed by atoms with E-state index in [-0.39, 0.29) is 0 Å². The van der Waals surface area contributed by atoms with Gasteiger partial charge in [0.25, 0.3) is 0 Å².